The van der Waals surface area contributed by atoms with Gasteiger partial charge in [-0.1, -0.05) is 30.3 Å². The Morgan fingerprint density at radius 1 is 1.33 bits per heavy atom. The molecule has 82 valence electrons. The zero-order valence-corrected chi connectivity index (χ0v) is 9.39. The van der Waals surface area contributed by atoms with Crippen molar-refractivity contribution in [3.63, 3.8) is 0 Å². The summed E-state index contributed by atoms with van der Waals surface area (Å²) < 4.78 is 0. The van der Waals surface area contributed by atoms with E-state index in [1.807, 2.05) is 0 Å². The smallest absolute Gasteiger partial charge is 0.00947 e. The maximum atomic E-state index is 6.16. The van der Waals surface area contributed by atoms with Crippen molar-refractivity contribution in [3.05, 3.63) is 35.9 Å². The Morgan fingerprint density at radius 2 is 2.07 bits per heavy atom. The largest absolute Gasteiger partial charge is 0.327 e. The molecule has 1 aliphatic rings. The summed E-state index contributed by atoms with van der Waals surface area (Å²) in [6.45, 7) is 2.28. The van der Waals surface area contributed by atoms with E-state index < -0.39 is 0 Å². The Bertz CT molecular complexity index is 297. The third-order valence-electron chi connectivity index (χ3n) is 3.34. The van der Waals surface area contributed by atoms with Gasteiger partial charge in [0.25, 0.3) is 0 Å². The number of nitrogens with two attached hydrogens (primary N) is 1. The third kappa shape index (κ3) is 2.80. The molecule has 0 amide bonds. The Kier molecular flexibility index (Phi) is 3.39. The van der Waals surface area contributed by atoms with E-state index in [1.54, 1.807) is 0 Å². The molecule has 0 bridgehead atoms. The number of hydrogen-bond donors (Lipinski definition) is 1. The Labute approximate surface area is 92.1 Å². The van der Waals surface area contributed by atoms with Crippen molar-refractivity contribution >= 4 is 0 Å². The van der Waals surface area contributed by atoms with Crippen LogP contribution in [0, 0.1) is 5.92 Å². The normalized spacial score (nSPS) is 27.9. The number of nitrogens with zero attached hydrogens (tertiary/aromatic N) is 1. The lowest BCUT2D eigenvalue weighted by molar-refractivity contribution is 0.185. The van der Waals surface area contributed by atoms with Crippen molar-refractivity contribution in [2.75, 3.05) is 20.1 Å². The van der Waals surface area contributed by atoms with Gasteiger partial charge < -0.3 is 10.6 Å². The molecule has 1 aromatic carbocycles. The fourth-order valence-electron chi connectivity index (χ4n) is 2.36. The molecule has 1 heterocycles. The molecule has 0 aliphatic carbocycles. The quantitative estimate of drug-likeness (QED) is 0.791. The molecular formula is C13H20N2. The molecule has 2 rings (SSSR count). The van der Waals surface area contributed by atoms with Gasteiger partial charge in [-0.25, -0.2) is 0 Å². The van der Waals surface area contributed by atoms with E-state index in [2.05, 4.69) is 42.3 Å². The molecule has 15 heavy (non-hydrogen) atoms. The summed E-state index contributed by atoms with van der Waals surface area (Å²) in [6, 6.07) is 11.0. The van der Waals surface area contributed by atoms with Gasteiger partial charge in [-0.05, 0) is 37.9 Å². The van der Waals surface area contributed by atoms with Gasteiger partial charge in [0.2, 0.25) is 0 Å². The van der Waals surface area contributed by atoms with Crippen molar-refractivity contribution in [2.45, 2.75) is 18.9 Å². The molecule has 1 aromatic rings. The summed E-state index contributed by atoms with van der Waals surface area (Å²) in [4.78, 5) is 2.39. The van der Waals surface area contributed by atoms with Gasteiger partial charge in [0.15, 0.2) is 0 Å². The maximum Gasteiger partial charge on any atom is 0.00947 e. The van der Waals surface area contributed by atoms with Crippen molar-refractivity contribution in [1.82, 2.24) is 4.90 Å². The number of benzene rings is 1. The van der Waals surface area contributed by atoms with Crippen molar-refractivity contribution in [1.29, 1.82) is 0 Å². The van der Waals surface area contributed by atoms with E-state index in [0.717, 1.165) is 25.9 Å². The van der Waals surface area contributed by atoms with E-state index in [0.29, 0.717) is 12.0 Å². The van der Waals surface area contributed by atoms with Crippen LogP contribution in [0.2, 0.25) is 0 Å². The first kappa shape index (κ1) is 10.7. The molecular weight excluding hydrogens is 184 g/mol. The third-order valence-corrected chi connectivity index (χ3v) is 3.34. The molecule has 1 fully saturated rings. The van der Waals surface area contributed by atoms with Gasteiger partial charge in [0.1, 0.15) is 0 Å². The van der Waals surface area contributed by atoms with Gasteiger partial charge in [-0.2, -0.15) is 0 Å². The molecule has 2 atom stereocenters. The summed E-state index contributed by atoms with van der Waals surface area (Å²) in [5, 5.41) is 0. The zero-order valence-electron chi connectivity index (χ0n) is 9.39. The second-order valence-corrected chi connectivity index (χ2v) is 4.66. The molecule has 0 spiro atoms. The summed E-state index contributed by atoms with van der Waals surface area (Å²) in [5.74, 6) is 0.617. The standard InChI is InChI=1S/C13H20N2/c1-15-8-7-13(14)12(10-15)9-11-5-3-2-4-6-11/h2-6,12-13H,7-10,14H2,1H3/t12-,13-/m0/s1. The predicted molar refractivity (Wildman–Crippen MR) is 63.7 cm³/mol. The molecule has 2 N–H and O–H groups in total. The van der Waals surface area contributed by atoms with Crippen LogP contribution in [0.1, 0.15) is 12.0 Å². The highest BCUT2D eigenvalue weighted by Gasteiger charge is 2.24. The van der Waals surface area contributed by atoms with Crippen LogP contribution in [0.25, 0.3) is 0 Å². The fraction of sp³-hybridized carbons (Fsp3) is 0.538. The molecule has 1 aliphatic heterocycles. The minimum atomic E-state index is 0.376. The minimum Gasteiger partial charge on any atom is -0.327 e. The number of hydrogen-bond acceptors (Lipinski definition) is 2. The highest BCUT2D eigenvalue weighted by Crippen LogP contribution is 2.18. The van der Waals surface area contributed by atoms with Crippen molar-refractivity contribution in [3.8, 4) is 0 Å². The topological polar surface area (TPSA) is 29.3 Å². The molecule has 0 saturated carbocycles. The van der Waals surface area contributed by atoms with Crippen LogP contribution in [0.15, 0.2) is 30.3 Å². The number of rotatable bonds is 2. The molecule has 0 aromatic heterocycles. The lowest BCUT2D eigenvalue weighted by Gasteiger charge is -2.34. The molecule has 2 nitrogen and oxygen atoms in total. The average molecular weight is 204 g/mol. The van der Waals surface area contributed by atoms with Crippen LogP contribution in [-0.4, -0.2) is 31.1 Å². The maximum absolute atomic E-state index is 6.16. The van der Waals surface area contributed by atoms with Gasteiger partial charge in [0, 0.05) is 12.6 Å². The molecule has 0 unspecified atom stereocenters. The van der Waals surface area contributed by atoms with E-state index in [-0.39, 0.29) is 0 Å². The second kappa shape index (κ2) is 4.77. The SMILES string of the molecule is CN1CC[C@H](N)[C@@H](Cc2ccccc2)C1. The summed E-state index contributed by atoms with van der Waals surface area (Å²) in [7, 11) is 2.18. The van der Waals surface area contributed by atoms with E-state index in [1.165, 1.54) is 5.56 Å². The van der Waals surface area contributed by atoms with Gasteiger partial charge >= 0.3 is 0 Å². The average Bonchev–Trinajstić information content (AvgIpc) is 2.25. The lowest BCUT2D eigenvalue weighted by Crippen LogP contribution is -2.46. The minimum absolute atomic E-state index is 0.376. The van der Waals surface area contributed by atoms with Crippen LogP contribution in [0.5, 0.6) is 0 Å². The van der Waals surface area contributed by atoms with E-state index in [9.17, 15) is 0 Å². The highest BCUT2D eigenvalue weighted by molar-refractivity contribution is 5.15. The zero-order chi connectivity index (χ0) is 10.7. The Hall–Kier alpha value is -0.860. The fourth-order valence-corrected chi connectivity index (χ4v) is 2.36. The monoisotopic (exact) mass is 204 g/mol. The predicted octanol–water partition coefficient (Wildman–Crippen LogP) is 1.51. The Morgan fingerprint density at radius 3 is 2.80 bits per heavy atom. The molecule has 2 heteroatoms. The van der Waals surface area contributed by atoms with Crippen LogP contribution < -0.4 is 5.73 Å². The molecule has 0 radical (unpaired) electrons. The first-order chi connectivity index (χ1) is 7.25. The van der Waals surface area contributed by atoms with Gasteiger partial charge in [0.05, 0.1) is 0 Å². The summed E-state index contributed by atoms with van der Waals surface area (Å²) in [5.41, 5.74) is 7.57. The van der Waals surface area contributed by atoms with Gasteiger partial charge in [-0.3, -0.25) is 0 Å². The van der Waals surface area contributed by atoms with Crippen LogP contribution >= 0.6 is 0 Å². The second-order valence-electron chi connectivity index (χ2n) is 4.66. The Balaban J connectivity index is 1.98. The number of piperidine rings is 1. The van der Waals surface area contributed by atoms with Gasteiger partial charge in [-0.15, -0.1) is 0 Å². The molecule has 1 saturated heterocycles. The highest BCUT2D eigenvalue weighted by atomic mass is 15.1. The van der Waals surface area contributed by atoms with E-state index in [4.69, 9.17) is 5.73 Å². The van der Waals surface area contributed by atoms with Crippen molar-refractivity contribution in [2.24, 2.45) is 11.7 Å². The number of likely N-dealkylation sites (tertiary alicyclic amines) is 1. The van der Waals surface area contributed by atoms with Crippen LogP contribution in [0.3, 0.4) is 0 Å². The lowest BCUT2D eigenvalue weighted by atomic mass is 9.87. The van der Waals surface area contributed by atoms with E-state index >= 15 is 0 Å². The van der Waals surface area contributed by atoms with Crippen LogP contribution in [0.4, 0.5) is 0 Å². The van der Waals surface area contributed by atoms with Crippen LogP contribution in [-0.2, 0) is 6.42 Å². The van der Waals surface area contributed by atoms with Crippen molar-refractivity contribution < 1.29 is 0 Å². The first-order valence-corrected chi connectivity index (χ1v) is 5.74. The summed E-state index contributed by atoms with van der Waals surface area (Å²) >= 11 is 0. The summed E-state index contributed by atoms with van der Waals surface area (Å²) in [6.07, 6.45) is 2.25. The first-order valence-electron chi connectivity index (χ1n) is 5.74.